The summed E-state index contributed by atoms with van der Waals surface area (Å²) < 4.78 is 0. The molecule has 2 aliphatic carbocycles. The average molecular weight is 251 g/mol. The highest BCUT2D eigenvalue weighted by Gasteiger charge is 2.41. The Balaban J connectivity index is 1.67. The van der Waals surface area contributed by atoms with Gasteiger partial charge in [0, 0.05) is 24.4 Å². The van der Waals surface area contributed by atoms with Crippen molar-refractivity contribution in [2.24, 2.45) is 11.8 Å². The Kier molecular flexibility index (Phi) is 3.60. The number of likely N-dealkylation sites (tertiary alicyclic amines) is 1. The van der Waals surface area contributed by atoms with E-state index in [0.717, 1.165) is 51.5 Å². The molecule has 1 amide bonds. The average Bonchev–Trinajstić information content (AvgIpc) is 2.76. The number of carbonyl (C=O) groups is 1. The van der Waals surface area contributed by atoms with E-state index in [2.05, 4.69) is 4.90 Å². The monoisotopic (exact) mass is 251 g/mol. The Labute approximate surface area is 110 Å². The van der Waals surface area contributed by atoms with E-state index in [1.54, 1.807) is 0 Å². The van der Waals surface area contributed by atoms with Crippen molar-refractivity contribution in [3.8, 4) is 0 Å². The van der Waals surface area contributed by atoms with Crippen LogP contribution in [0.1, 0.15) is 57.8 Å². The van der Waals surface area contributed by atoms with Crippen LogP contribution in [0.15, 0.2) is 0 Å². The summed E-state index contributed by atoms with van der Waals surface area (Å²) >= 11 is 0. The van der Waals surface area contributed by atoms with E-state index in [1.165, 1.54) is 12.8 Å². The van der Waals surface area contributed by atoms with Crippen molar-refractivity contribution >= 4 is 5.91 Å². The number of aliphatic hydroxyl groups excluding tert-OH is 1. The smallest absolute Gasteiger partial charge is 0.225 e. The molecule has 3 heteroatoms. The number of rotatable bonds is 2. The molecular weight excluding hydrogens is 226 g/mol. The Bertz CT molecular complexity index is 314. The second-order valence-electron chi connectivity index (χ2n) is 6.38. The molecule has 3 rings (SSSR count). The first-order chi connectivity index (χ1) is 8.77. The second-order valence-corrected chi connectivity index (χ2v) is 6.38. The van der Waals surface area contributed by atoms with Gasteiger partial charge in [-0.15, -0.1) is 0 Å². The fourth-order valence-electron chi connectivity index (χ4n) is 3.99. The van der Waals surface area contributed by atoms with Gasteiger partial charge in [0.15, 0.2) is 0 Å². The molecule has 1 aliphatic heterocycles. The summed E-state index contributed by atoms with van der Waals surface area (Å²) in [4.78, 5) is 14.6. The Hall–Kier alpha value is -0.570. The van der Waals surface area contributed by atoms with E-state index in [1.807, 2.05) is 0 Å². The van der Waals surface area contributed by atoms with Crippen LogP contribution < -0.4 is 0 Å². The molecule has 3 aliphatic rings. The first kappa shape index (κ1) is 12.5. The molecule has 0 radical (unpaired) electrons. The molecule has 1 saturated heterocycles. The number of nitrogens with zero attached hydrogens (tertiary/aromatic N) is 1. The predicted octanol–water partition coefficient (Wildman–Crippen LogP) is 2.33. The normalized spacial score (nSPS) is 37.6. The fourth-order valence-corrected chi connectivity index (χ4v) is 3.99. The van der Waals surface area contributed by atoms with Crippen LogP contribution in [0.25, 0.3) is 0 Å². The van der Waals surface area contributed by atoms with Crippen LogP contribution in [0.5, 0.6) is 0 Å². The maximum absolute atomic E-state index is 12.4. The fraction of sp³-hybridized carbons (Fsp3) is 0.933. The molecule has 1 N–H and O–H groups in total. The summed E-state index contributed by atoms with van der Waals surface area (Å²) in [5.41, 5.74) is 0. The van der Waals surface area contributed by atoms with Crippen LogP contribution in [-0.4, -0.2) is 34.6 Å². The zero-order chi connectivity index (χ0) is 12.5. The van der Waals surface area contributed by atoms with Crippen molar-refractivity contribution in [1.82, 2.24) is 4.90 Å². The molecule has 3 fully saturated rings. The van der Waals surface area contributed by atoms with E-state index < -0.39 is 0 Å². The lowest BCUT2D eigenvalue weighted by Crippen LogP contribution is -2.48. The third-order valence-electron chi connectivity index (χ3n) is 5.31. The Morgan fingerprint density at radius 1 is 0.944 bits per heavy atom. The van der Waals surface area contributed by atoms with Crippen LogP contribution in [0.2, 0.25) is 0 Å². The van der Waals surface area contributed by atoms with Crippen molar-refractivity contribution in [2.45, 2.75) is 69.9 Å². The molecule has 102 valence electrons. The predicted molar refractivity (Wildman–Crippen MR) is 70.0 cm³/mol. The third kappa shape index (κ3) is 2.18. The maximum Gasteiger partial charge on any atom is 0.225 e. The van der Waals surface area contributed by atoms with Gasteiger partial charge in [-0.2, -0.15) is 0 Å². The van der Waals surface area contributed by atoms with Gasteiger partial charge in [-0.3, -0.25) is 4.79 Å². The number of hydrogen-bond acceptors (Lipinski definition) is 2. The van der Waals surface area contributed by atoms with Gasteiger partial charge in [-0.1, -0.05) is 19.3 Å². The van der Waals surface area contributed by atoms with Gasteiger partial charge in [0.2, 0.25) is 5.91 Å². The van der Waals surface area contributed by atoms with Gasteiger partial charge in [0.1, 0.15) is 0 Å². The molecule has 0 aromatic heterocycles. The first-order valence-corrected chi connectivity index (χ1v) is 7.76. The van der Waals surface area contributed by atoms with Crippen molar-refractivity contribution in [1.29, 1.82) is 0 Å². The lowest BCUT2D eigenvalue weighted by atomic mass is 9.79. The molecule has 0 aromatic carbocycles. The molecule has 3 atom stereocenters. The number of hydrogen-bond donors (Lipinski definition) is 1. The summed E-state index contributed by atoms with van der Waals surface area (Å²) in [6.45, 7) is 0.934. The van der Waals surface area contributed by atoms with Gasteiger partial charge in [0.05, 0.1) is 6.10 Å². The van der Waals surface area contributed by atoms with Gasteiger partial charge in [0.25, 0.3) is 0 Å². The van der Waals surface area contributed by atoms with E-state index in [4.69, 9.17) is 0 Å². The Morgan fingerprint density at radius 2 is 1.72 bits per heavy atom. The summed E-state index contributed by atoms with van der Waals surface area (Å²) in [6, 6.07) is 0.341. The summed E-state index contributed by atoms with van der Waals surface area (Å²) in [7, 11) is 0. The van der Waals surface area contributed by atoms with Crippen LogP contribution in [0.4, 0.5) is 0 Å². The molecule has 0 aromatic rings. The largest absolute Gasteiger partial charge is 0.393 e. The van der Waals surface area contributed by atoms with E-state index >= 15 is 0 Å². The van der Waals surface area contributed by atoms with Crippen molar-refractivity contribution < 1.29 is 9.90 Å². The zero-order valence-corrected chi connectivity index (χ0v) is 11.2. The van der Waals surface area contributed by atoms with Crippen LogP contribution in [0, 0.1) is 11.8 Å². The zero-order valence-electron chi connectivity index (χ0n) is 11.2. The van der Waals surface area contributed by atoms with Gasteiger partial charge < -0.3 is 10.0 Å². The first-order valence-electron chi connectivity index (χ1n) is 7.76. The maximum atomic E-state index is 12.4. The minimum Gasteiger partial charge on any atom is -0.393 e. The van der Waals surface area contributed by atoms with E-state index in [-0.39, 0.29) is 6.10 Å². The Morgan fingerprint density at radius 3 is 2.39 bits per heavy atom. The molecule has 0 spiro atoms. The van der Waals surface area contributed by atoms with Crippen molar-refractivity contribution in [3.05, 3.63) is 0 Å². The van der Waals surface area contributed by atoms with E-state index in [0.29, 0.717) is 23.8 Å². The highest BCUT2D eigenvalue weighted by Crippen LogP contribution is 2.37. The van der Waals surface area contributed by atoms with Gasteiger partial charge in [-0.05, 0) is 38.5 Å². The molecule has 2 saturated carbocycles. The third-order valence-corrected chi connectivity index (χ3v) is 5.31. The minimum absolute atomic E-state index is 0.168. The summed E-state index contributed by atoms with van der Waals surface area (Å²) in [6.07, 6.45) is 9.91. The quantitative estimate of drug-likeness (QED) is 0.818. The summed E-state index contributed by atoms with van der Waals surface area (Å²) in [5, 5.41) is 10.2. The molecule has 3 unspecified atom stereocenters. The highest BCUT2D eigenvalue weighted by molar-refractivity contribution is 5.80. The molecule has 3 nitrogen and oxygen atoms in total. The second kappa shape index (κ2) is 5.20. The molecular formula is C15H25NO2. The summed E-state index contributed by atoms with van der Waals surface area (Å²) in [5.74, 6) is 1.05. The van der Waals surface area contributed by atoms with Crippen LogP contribution in [-0.2, 0) is 4.79 Å². The molecule has 1 heterocycles. The number of carbonyl (C=O) groups excluding carboxylic acids is 1. The van der Waals surface area contributed by atoms with Gasteiger partial charge in [-0.25, -0.2) is 0 Å². The SMILES string of the molecule is O=C(C1CCC1)N1CCCC1C1CCCCC1O. The lowest BCUT2D eigenvalue weighted by molar-refractivity contribution is -0.141. The highest BCUT2D eigenvalue weighted by atomic mass is 16.3. The number of amides is 1. The van der Waals surface area contributed by atoms with Crippen LogP contribution in [0.3, 0.4) is 0 Å². The molecule has 0 bridgehead atoms. The molecule has 18 heavy (non-hydrogen) atoms. The topological polar surface area (TPSA) is 40.5 Å². The number of aliphatic hydroxyl groups is 1. The van der Waals surface area contributed by atoms with Crippen molar-refractivity contribution in [3.63, 3.8) is 0 Å². The van der Waals surface area contributed by atoms with Crippen LogP contribution >= 0.6 is 0 Å². The standard InChI is InChI=1S/C15H25NO2/c17-14-9-2-1-7-12(14)13-8-4-10-16(13)15(18)11-5-3-6-11/h11-14,17H,1-10H2. The lowest BCUT2D eigenvalue weighted by Gasteiger charge is -2.39. The minimum atomic E-state index is -0.168. The van der Waals surface area contributed by atoms with Crippen molar-refractivity contribution in [2.75, 3.05) is 6.54 Å². The van der Waals surface area contributed by atoms with Gasteiger partial charge >= 0.3 is 0 Å². The van der Waals surface area contributed by atoms with E-state index in [9.17, 15) is 9.90 Å².